The Kier molecular flexibility index (Phi) is 7.45. The van der Waals surface area contributed by atoms with Gasteiger partial charge in [0.15, 0.2) is 11.5 Å². The summed E-state index contributed by atoms with van der Waals surface area (Å²) in [6.45, 7) is 0.375. The van der Waals surface area contributed by atoms with Crippen LogP contribution in [0.4, 0.5) is 0 Å². The number of benzene rings is 2. The maximum atomic E-state index is 12.0. The second-order valence-electron chi connectivity index (χ2n) is 5.82. The highest BCUT2D eigenvalue weighted by Gasteiger charge is 2.15. The van der Waals surface area contributed by atoms with Crippen LogP contribution in [0, 0.1) is 11.3 Å². The maximum Gasteiger partial charge on any atom is 0.264 e. The number of hydrogen-bond donors (Lipinski definition) is 0. The van der Waals surface area contributed by atoms with Crippen molar-refractivity contribution in [2.75, 3.05) is 21.2 Å². The van der Waals surface area contributed by atoms with Crippen LogP contribution >= 0.6 is 31.9 Å². The molecule has 0 aliphatic heterocycles. The summed E-state index contributed by atoms with van der Waals surface area (Å²) in [5.74, 6) is 0.695. The summed E-state index contributed by atoms with van der Waals surface area (Å²) in [6.07, 6.45) is 1.52. The molecule has 0 spiro atoms. The van der Waals surface area contributed by atoms with E-state index in [2.05, 4.69) is 31.9 Å². The largest absolute Gasteiger partial charge is 0.493 e. The average molecular weight is 494 g/mol. The summed E-state index contributed by atoms with van der Waals surface area (Å²) in [5.41, 5.74) is 1.71. The van der Waals surface area contributed by atoms with Crippen LogP contribution < -0.4 is 9.47 Å². The lowest BCUT2D eigenvalue weighted by atomic mass is 10.1. The van der Waals surface area contributed by atoms with Gasteiger partial charge in [0.05, 0.1) is 11.6 Å². The molecular weight excluding hydrogens is 476 g/mol. The minimum absolute atomic E-state index is 0.0393. The van der Waals surface area contributed by atoms with Crippen molar-refractivity contribution in [3.05, 3.63) is 62.0 Å². The number of carbonyl (C=O) groups is 1. The third-order valence-corrected chi connectivity index (χ3v) is 4.73. The summed E-state index contributed by atoms with van der Waals surface area (Å²) in [7, 11) is 4.74. The third kappa shape index (κ3) is 5.59. The molecule has 0 radical (unpaired) electrons. The Balaban J connectivity index is 2.30. The van der Waals surface area contributed by atoms with Crippen LogP contribution in [0.5, 0.6) is 11.5 Å². The van der Waals surface area contributed by atoms with Crippen molar-refractivity contribution in [3.63, 3.8) is 0 Å². The SMILES string of the molecule is COc1cc(/C=C(/C#N)C(=O)N(C)C)cc(Br)c1OCc1ccc(Br)cc1. The molecule has 2 aromatic rings. The Labute approximate surface area is 175 Å². The monoisotopic (exact) mass is 492 g/mol. The number of ether oxygens (including phenoxy) is 2. The molecule has 5 nitrogen and oxygen atoms in total. The summed E-state index contributed by atoms with van der Waals surface area (Å²) in [5, 5.41) is 9.25. The van der Waals surface area contributed by atoms with Crippen molar-refractivity contribution in [1.82, 2.24) is 4.90 Å². The standard InChI is InChI=1S/C20H18Br2N2O3/c1-24(2)20(25)15(11-23)8-14-9-17(22)19(18(10-14)26-3)27-12-13-4-6-16(21)7-5-13/h4-10H,12H2,1-3H3/b15-8-. The van der Waals surface area contributed by atoms with Gasteiger partial charge in [-0.1, -0.05) is 28.1 Å². The van der Waals surface area contributed by atoms with E-state index in [0.29, 0.717) is 28.1 Å². The van der Waals surface area contributed by atoms with Crippen molar-refractivity contribution in [3.8, 4) is 17.6 Å². The van der Waals surface area contributed by atoms with Gasteiger partial charge in [-0.25, -0.2) is 0 Å². The lowest BCUT2D eigenvalue weighted by Gasteiger charge is -2.14. The van der Waals surface area contributed by atoms with Gasteiger partial charge in [0.1, 0.15) is 18.2 Å². The lowest BCUT2D eigenvalue weighted by Crippen LogP contribution is -2.22. The summed E-state index contributed by atoms with van der Waals surface area (Å²) >= 11 is 6.89. The van der Waals surface area contributed by atoms with Gasteiger partial charge < -0.3 is 14.4 Å². The minimum Gasteiger partial charge on any atom is -0.493 e. The smallest absolute Gasteiger partial charge is 0.264 e. The lowest BCUT2D eigenvalue weighted by molar-refractivity contribution is -0.124. The Morgan fingerprint density at radius 1 is 1.22 bits per heavy atom. The minimum atomic E-state index is -0.358. The summed E-state index contributed by atoms with van der Waals surface area (Å²) in [6, 6.07) is 13.3. The fourth-order valence-electron chi connectivity index (χ4n) is 2.25. The maximum absolute atomic E-state index is 12.0. The van der Waals surface area contributed by atoms with E-state index >= 15 is 0 Å². The molecule has 0 heterocycles. The third-order valence-electron chi connectivity index (χ3n) is 3.62. The summed E-state index contributed by atoms with van der Waals surface area (Å²) in [4.78, 5) is 13.4. The van der Waals surface area contributed by atoms with Gasteiger partial charge in [0.25, 0.3) is 5.91 Å². The van der Waals surface area contributed by atoms with Crippen LogP contribution in [-0.4, -0.2) is 32.0 Å². The number of rotatable bonds is 6. The quantitative estimate of drug-likeness (QED) is 0.428. The first-order valence-corrected chi connectivity index (χ1v) is 9.52. The molecule has 0 unspecified atom stereocenters. The van der Waals surface area contributed by atoms with Crippen molar-refractivity contribution < 1.29 is 14.3 Å². The van der Waals surface area contributed by atoms with E-state index in [0.717, 1.165) is 10.0 Å². The molecule has 0 fully saturated rings. The van der Waals surface area contributed by atoms with Crippen LogP contribution in [-0.2, 0) is 11.4 Å². The fourth-order valence-corrected chi connectivity index (χ4v) is 3.09. The van der Waals surface area contributed by atoms with Gasteiger partial charge >= 0.3 is 0 Å². The molecule has 0 saturated carbocycles. The topological polar surface area (TPSA) is 62.6 Å². The molecule has 0 bridgehead atoms. The van der Waals surface area contributed by atoms with Gasteiger partial charge in [-0.3, -0.25) is 4.79 Å². The number of carbonyl (C=O) groups excluding carboxylic acids is 1. The molecule has 27 heavy (non-hydrogen) atoms. The Morgan fingerprint density at radius 3 is 2.44 bits per heavy atom. The van der Waals surface area contributed by atoms with Gasteiger partial charge in [-0.05, 0) is 57.4 Å². The second kappa shape index (κ2) is 9.58. The number of nitrogens with zero attached hydrogens (tertiary/aromatic N) is 2. The number of hydrogen-bond acceptors (Lipinski definition) is 4. The molecule has 2 rings (SSSR count). The predicted octanol–water partition coefficient (Wildman–Crippen LogP) is 4.79. The molecule has 1 amide bonds. The zero-order valence-electron chi connectivity index (χ0n) is 15.1. The van der Waals surface area contributed by atoms with Crippen LogP contribution in [0.1, 0.15) is 11.1 Å². The molecular formula is C20H18Br2N2O3. The molecule has 2 aromatic carbocycles. The van der Waals surface area contributed by atoms with E-state index in [1.807, 2.05) is 30.3 Å². The predicted molar refractivity (Wildman–Crippen MR) is 111 cm³/mol. The number of halogens is 2. The van der Waals surface area contributed by atoms with E-state index < -0.39 is 0 Å². The molecule has 7 heteroatoms. The number of nitriles is 1. The molecule has 0 N–H and O–H groups in total. The molecule has 0 atom stereocenters. The van der Waals surface area contributed by atoms with Crippen LogP contribution in [0.2, 0.25) is 0 Å². The highest BCUT2D eigenvalue weighted by Crippen LogP contribution is 2.37. The average Bonchev–Trinajstić information content (AvgIpc) is 2.65. The van der Waals surface area contributed by atoms with Crippen molar-refractivity contribution in [2.45, 2.75) is 6.61 Å². The number of amides is 1. The molecule has 0 aromatic heterocycles. The first-order chi connectivity index (χ1) is 12.8. The first-order valence-electron chi connectivity index (χ1n) is 7.94. The van der Waals surface area contributed by atoms with Crippen molar-refractivity contribution in [1.29, 1.82) is 5.26 Å². The van der Waals surface area contributed by atoms with E-state index in [9.17, 15) is 10.1 Å². The van der Waals surface area contributed by atoms with Crippen molar-refractivity contribution >= 4 is 43.8 Å². The van der Waals surface area contributed by atoms with E-state index in [-0.39, 0.29) is 11.5 Å². The van der Waals surface area contributed by atoms with E-state index in [4.69, 9.17) is 9.47 Å². The van der Waals surface area contributed by atoms with E-state index in [1.54, 1.807) is 26.2 Å². The normalized spacial score (nSPS) is 10.9. The molecule has 140 valence electrons. The van der Waals surface area contributed by atoms with Crippen LogP contribution in [0.3, 0.4) is 0 Å². The molecule has 0 saturated heterocycles. The van der Waals surface area contributed by atoms with E-state index in [1.165, 1.54) is 18.1 Å². The van der Waals surface area contributed by atoms with Gasteiger partial charge in [-0.15, -0.1) is 0 Å². The number of methoxy groups -OCH3 is 1. The molecule has 0 aliphatic rings. The molecule has 0 aliphatic carbocycles. The Morgan fingerprint density at radius 2 is 1.89 bits per heavy atom. The highest BCUT2D eigenvalue weighted by molar-refractivity contribution is 9.10. The van der Waals surface area contributed by atoms with Crippen LogP contribution in [0.15, 0.2) is 50.9 Å². The summed E-state index contributed by atoms with van der Waals surface area (Å²) < 4.78 is 13.0. The van der Waals surface area contributed by atoms with Gasteiger partial charge in [0, 0.05) is 18.6 Å². The fraction of sp³-hybridized carbons (Fsp3) is 0.200. The van der Waals surface area contributed by atoms with Gasteiger partial charge in [-0.2, -0.15) is 5.26 Å². The first kappa shape index (κ1) is 21.0. The van der Waals surface area contributed by atoms with Crippen LogP contribution in [0.25, 0.3) is 6.08 Å². The highest BCUT2D eigenvalue weighted by atomic mass is 79.9. The van der Waals surface area contributed by atoms with Crippen molar-refractivity contribution in [2.24, 2.45) is 0 Å². The van der Waals surface area contributed by atoms with Gasteiger partial charge in [0.2, 0.25) is 0 Å². The number of likely N-dealkylation sites (N-methyl/N-ethyl adjacent to an activating group) is 1. The zero-order valence-corrected chi connectivity index (χ0v) is 18.3. The zero-order chi connectivity index (χ0) is 20.0. The Hall–Kier alpha value is -2.30. The second-order valence-corrected chi connectivity index (χ2v) is 7.59. The Bertz CT molecular complexity index is 901.